The lowest BCUT2D eigenvalue weighted by atomic mass is 10.2. The number of fused-ring (bicyclic) bond motifs is 1. The number of carbonyl (C=O) groups excluding carboxylic acids is 2. The molecule has 1 aromatic rings. The fourth-order valence-corrected chi connectivity index (χ4v) is 2.70. The summed E-state index contributed by atoms with van der Waals surface area (Å²) in [6, 6.07) is 5.07. The molecule has 2 atom stereocenters. The van der Waals surface area contributed by atoms with Crippen molar-refractivity contribution in [2.75, 3.05) is 10.6 Å². The van der Waals surface area contributed by atoms with E-state index in [1.54, 1.807) is 18.2 Å². The molecule has 0 aromatic heterocycles. The monoisotopic (exact) mass is 280 g/mol. The highest BCUT2D eigenvalue weighted by Gasteiger charge is 2.59. The van der Waals surface area contributed by atoms with Crippen molar-refractivity contribution >= 4 is 39.1 Å². The Hall–Kier alpha value is -1.36. The molecule has 16 heavy (non-hydrogen) atoms. The van der Waals surface area contributed by atoms with Gasteiger partial charge in [0.25, 0.3) is 0 Å². The van der Waals surface area contributed by atoms with Gasteiger partial charge in [-0.05, 0) is 40.5 Å². The molecule has 2 N–H and O–H groups in total. The lowest BCUT2D eigenvalue weighted by Crippen LogP contribution is -2.33. The second kappa shape index (κ2) is 3.07. The van der Waals surface area contributed by atoms with Crippen LogP contribution in [0.3, 0.4) is 0 Å². The number of hydrogen-bond acceptors (Lipinski definition) is 3. The molecule has 0 radical (unpaired) electrons. The van der Waals surface area contributed by atoms with Crippen LogP contribution < -0.4 is 10.6 Å². The number of hydrogen-bond donors (Lipinski definition) is 1. The number of piperidine rings is 1. The van der Waals surface area contributed by atoms with Crippen LogP contribution in [-0.2, 0) is 9.59 Å². The largest absolute Gasteiger partial charge is 0.399 e. The quantitative estimate of drug-likeness (QED) is 0.627. The first-order chi connectivity index (χ1) is 7.59. The molecule has 2 amide bonds. The van der Waals surface area contributed by atoms with Crippen molar-refractivity contribution in [1.29, 1.82) is 0 Å². The van der Waals surface area contributed by atoms with Gasteiger partial charge in [0.1, 0.15) is 0 Å². The van der Waals surface area contributed by atoms with Gasteiger partial charge in [-0.1, -0.05) is 0 Å². The van der Waals surface area contributed by atoms with E-state index < -0.39 is 0 Å². The number of benzene rings is 1. The van der Waals surface area contributed by atoms with Crippen LogP contribution in [0.15, 0.2) is 22.7 Å². The van der Waals surface area contributed by atoms with Crippen molar-refractivity contribution in [3.8, 4) is 0 Å². The summed E-state index contributed by atoms with van der Waals surface area (Å²) in [6.45, 7) is 0. The number of rotatable bonds is 1. The third-order valence-corrected chi connectivity index (χ3v) is 3.71. The summed E-state index contributed by atoms with van der Waals surface area (Å²) >= 11 is 3.32. The Labute approximate surface area is 101 Å². The zero-order valence-electron chi connectivity index (χ0n) is 8.31. The molecule has 1 heterocycles. The first kappa shape index (κ1) is 9.84. The van der Waals surface area contributed by atoms with Crippen molar-refractivity contribution < 1.29 is 9.59 Å². The lowest BCUT2D eigenvalue weighted by molar-refractivity contribution is -0.123. The van der Waals surface area contributed by atoms with Crippen molar-refractivity contribution in [1.82, 2.24) is 0 Å². The van der Waals surface area contributed by atoms with Gasteiger partial charge < -0.3 is 5.73 Å². The number of anilines is 2. The molecule has 2 aliphatic rings. The SMILES string of the molecule is Nc1ccc(N2C(=O)C3CC3C2=O)c(Br)c1. The molecule has 0 spiro atoms. The molecule has 5 heteroatoms. The van der Waals surface area contributed by atoms with E-state index >= 15 is 0 Å². The normalized spacial score (nSPS) is 27.2. The van der Waals surface area contributed by atoms with Crippen LogP contribution in [0.5, 0.6) is 0 Å². The first-order valence-electron chi connectivity index (χ1n) is 5.02. The molecule has 1 aliphatic carbocycles. The van der Waals surface area contributed by atoms with Gasteiger partial charge in [0.05, 0.1) is 17.5 Å². The Morgan fingerprint density at radius 1 is 1.25 bits per heavy atom. The molecule has 1 saturated carbocycles. The van der Waals surface area contributed by atoms with Crippen LogP contribution in [0.2, 0.25) is 0 Å². The number of carbonyl (C=O) groups is 2. The molecule has 1 aliphatic heterocycles. The van der Waals surface area contributed by atoms with Crippen molar-refractivity contribution in [3.63, 3.8) is 0 Å². The molecule has 3 rings (SSSR count). The third-order valence-electron chi connectivity index (χ3n) is 3.08. The Balaban J connectivity index is 2.04. The standard InChI is InChI=1S/C11H9BrN2O2/c12-8-3-5(13)1-2-9(8)14-10(15)6-4-7(6)11(14)16/h1-3,6-7H,4,13H2. The van der Waals surface area contributed by atoms with Crippen LogP contribution >= 0.6 is 15.9 Å². The van der Waals surface area contributed by atoms with Crippen LogP contribution in [0.25, 0.3) is 0 Å². The predicted octanol–water partition coefficient (Wildman–Crippen LogP) is 1.54. The topological polar surface area (TPSA) is 63.4 Å². The van der Waals surface area contributed by atoms with E-state index in [1.807, 2.05) is 0 Å². The lowest BCUT2D eigenvalue weighted by Gasteiger charge is -2.18. The summed E-state index contributed by atoms with van der Waals surface area (Å²) in [7, 11) is 0. The summed E-state index contributed by atoms with van der Waals surface area (Å²) in [6.07, 6.45) is 0.723. The molecule has 2 unspecified atom stereocenters. The number of imide groups is 1. The van der Waals surface area contributed by atoms with Crippen molar-refractivity contribution in [2.45, 2.75) is 6.42 Å². The van der Waals surface area contributed by atoms with E-state index in [-0.39, 0.29) is 23.7 Å². The van der Waals surface area contributed by atoms with Gasteiger partial charge in [-0.2, -0.15) is 0 Å². The Morgan fingerprint density at radius 3 is 2.44 bits per heavy atom. The fourth-order valence-electron chi connectivity index (χ4n) is 2.12. The number of halogens is 1. The molecule has 0 bridgehead atoms. The fraction of sp³-hybridized carbons (Fsp3) is 0.273. The summed E-state index contributed by atoms with van der Waals surface area (Å²) in [5.74, 6) is -0.310. The Bertz CT molecular complexity index is 495. The Morgan fingerprint density at radius 2 is 1.88 bits per heavy atom. The predicted molar refractivity (Wildman–Crippen MR) is 62.6 cm³/mol. The van der Waals surface area contributed by atoms with Crippen LogP contribution in [0.1, 0.15) is 6.42 Å². The average molecular weight is 281 g/mol. The van der Waals surface area contributed by atoms with Crippen LogP contribution in [-0.4, -0.2) is 11.8 Å². The van der Waals surface area contributed by atoms with Gasteiger partial charge in [-0.3, -0.25) is 9.59 Å². The third kappa shape index (κ3) is 1.21. The van der Waals surface area contributed by atoms with Gasteiger partial charge in [-0.15, -0.1) is 0 Å². The van der Waals surface area contributed by atoms with Crippen LogP contribution in [0.4, 0.5) is 11.4 Å². The van der Waals surface area contributed by atoms with Gasteiger partial charge in [0.15, 0.2) is 0 Å². The van der Waals surface area contributed by atoms with Crippen molar-refractivity contribution in [3.05, 3.63) is 22.7 Å². The zero-order chi connectivity index (χ0) is 11.4. The zero-order valence-corrected chi connectivity index (χ0v) is 9.90. The van der Waals surface area contributed by atoms with E-state index in [4.69, 9.17) is 5.73 Å². The summed E-state index contributed by atoms with van der Waals surface area (Å²) in [5, 5.41) is 0. The second-order valence-electron chi connectivity index (χ2n) is 4.17. The minimum Gasteiger partial charge on any atom is -0.399 e. The van der Waals surface area contributed by atoms with Gasteiger partial charge in [0, 0.05) is 10.2 Å². The number of amides is 2. The number of nitrogens with two attached hydrogens (primary N) is 1. The maximum atomic E-state index is 11.8. The van der Waals surface area contributed by atoms with Gasteiger partial charge >= 0.3 is 0 Å². The molecule has 2 fully saturated rings. The van der Waals surface area contributed by atoms with Gasteiger partial charge in [0.2, 0.25) is 11.8 Å². The average Bonchev–Trinajstić information content (AvgIpc) is 2.96. The molecule has 1 aromatic carbocycles. The maximum absolute atomic E-state index is 11.8. The van der Waals surface area contributed by atoms with E-state index in [9.17, 15) is 9.59 Å². The van der Waals surface area contributed by atoms with E-state index in [2.05, 4.69) is 15.9 Å². The highest BCUT2D eigenvalue weighted by molar-refractivity contribution is 9.10. The minimum absolute atomic E-state index is 0.0723. The van der Waals surface area contributed by atoms with Gasteiger partial charge in [-0.25, -0.2) is 4.90 Å². The highest BCUT2D eigenvalue weighted by Crippen LogP contribution is 2.49. The molecule has 82 valence electrons. The number of nitrogens with zero attached hydrogens (tertiary/aromatic N) is 1. The van der Waals surface area contributed by atoms with E-state index in [0.717, 1.165) is 6.42 Å². The van der Waals surface area contributed by atoms with E-state index in [0.29, 0.717) is 15.8 Å². The minimum atomic E-state index is -0.0829. The van der Waals surface area contributed by atoms with Crippen molar-refractivity contribution in [2.24, 2.45) is 11.8 Å². The summed E-state index contributed by atoms with van der Waals surface area (Å²) < 4.78 is 0.676. The summed E-state index contributed by atoms with van der Waals surface area (Å²) in [5.41, 5.74) is 6.80. The molecule has 4 nitrogen and oxygen atoms in total. The highest BCUT2D eigenvalue weighted by atomic mass is 79.9. The molecular weight excluding hydrogens is 272 g/mol. The smallest absolute Gasteiger partial charge is 0.237 e. The number of nitrogen functional groups attached to an aromatic ring is 1. The maximum Gasteiger partial charge on any atom is 0.237 e. The Kier molecular flexibility index (Phi) is 1.89. The second-order valence-corrected chi connectivity index (χ2v) is 5.03. The molecule has 1 saturated heterocycles. The summed E-state index contributed by atoms with van der Waals surface area (Å²) in [4.78, 5) is 25.0. The van der Waals surface area contributed by atoms with Crippen LogP contribution in [0, 0.1) is 11.8 Å². The first-order valence-corrected chi connectivity index (χ1v) is 5.81. The van der Waals surface area contributed by atoms with E-state index in [1.165, 1.54) is 4.90 Å². The molecular formula is C11H9BrN2O2.